The van der Waals surface area contributed by atoms with E-state index in [4.69, 9.17) is 0 Å². The van der Waals surface area contributed by atoms with E-state index >= 15 is 0 Å². The molecule has 3 unspecified atom stereocenters. The lowest BCUT2D eigenvalue weighted by atomic mass is 9.97. The Kier molecular flexibility index (Phi) is 8.13. The summed E-state index contributed by atoms with van der Waals surface area (Å²) in [6.07, 6.45) is 3.35. The predicted octanol–water partition coefficient (Wildman–Crippen LogP) is 5.12. The first kappa shape index (κ1) is 21.8. The minimum absolute atomic E-state index is 0.161. The van der Waals surface area contributed by atoms with Crippen LogP contribution in [0, 0.1) is 5.92 Å². The third-order valence-electron chi connectivity index (χ3n) is 5.46. The average Bonchev–Trinajstić information content (AvgIpc) is 3.48. The van der Waals surface area contributed by atoms with Gasteiger partial charge in [0.2, 0.25) is 6.41 Å². The molecule has 1 N–H and O–H groups in total. The normalized spacial score (nSPS) is 23.4. The quantitative estimate of drug-likeness (QED) is 0.504. The average molecular weight is 415 g/mol. The maximum absolute atomic E-state index is 14.4. The van der Waals surface area contributed by atoms with Crippen LogP contribution in [0.4, 0.5) is 4.39 Å². The van der Waals surface area contributed by atoms with E-state index in [-0.39, 0.29) is 18.6 Å². The molecule has 1 amide bonds. The maximum Gasteiger partial charge on any atom is 0.210 e. The Morgan fingerprint density at radius 3 is 2.45 bits per heavy atom. The summed E-state index contributed by atoms with van der Waals surface area (Å²) in [7, 11) is 0. The van der Waals surface area contributed by atoms with Gasteiger partial charge in [0.15, 0.2) is 0 Å². The van der Waals surface area contributed by atoms with Gasteiger partial charge in [-0.3, -0.25) is 9.52 Å². The van der Waals surface area contributed by atoms with Gasteiger partial charge in [0.25, 0.3) is 0 Å². The zero-order valence-electron chi connectivity index (χ0n) is 17.3. The highest BCUT2D eigenvalue weighted by molar-refractivity contribution is 7.97. The van der Waals surface area contributed by atoms with Crippen molar-refractivity contribution >= 4 is 18.4 Å². The molecule has 0 bridgehead atoms. The Balaban J connectivity index is 0.000000536. The lowest BCUT2D eigenvalue weighted by molar-refractivity contribution is -0.119. The van der Waals surface area contributed by atoms with Crippen molar-refractivity contribution in [1.82, 2.24) is 9.62 Å². The number of alkyl halides is 1. The molecule has 156 valence electrons. The van der Waals surface area contributed by atoms with Crippen molar-refractivity contribution in [2.75, 3.05) is 12.3 Å². The zero-order valence-corrected chi connectivity index (χ0v) is 18.1. The molecule has 0 aromatic heterocycles. The highest BCUT2D eigenvalue weighted by Crippen LogP contribution is 2.27. The topological polar surface area (TPSA) is 32.3 Å². The van der Waals surface area contributed by atoms with Crippen molar-refractivity contribution in [3.05, 3.63) is 60.2 Å². The molecule has 3 atom stereocenters. The number of carbonyl (C=O) groups excluding carboxylic acids is 1. The van der Waals surface area contributed by atoms with Crippen LogP contribution in [0.25, 0.3) is 11.1 Å². The number of hydrogen-bond acceptors (Lipinski definition) is 3. The Morgan fingerprint density at radius 1 is 1.14 bits per heavy atom. The first-order valence-electron chi connectivity index (χ1n) is 10.5. The van der Waals surface area contributed by atoms with Crippen molar-refractivity contribution in [3.63, 3.8) is 0 Å². The van der Waals surface area contributed by atoms with Crippen LogP contribution in [0.3, 0.4) is 0 Å². The molecule has 1 aliphatic heterocycles. The molecule has 1 aliphatic carbocycles. The number of amides is 1. The van der Waals surface area contributed by atoms with E-state index < -0.39 is 6.17 Å². The SMILES string of the molecule is CC1CC1.CCSNC1C(F)CN(C=O)C1Cc1cccc(-c2ccccc2)c1. The number of nitrogens with one attached hydrogen (secondary N) is 1. The molecule has 1 saturated carbocycles. The van der Waals surface area contributed by atoms with Crippen LogP contribution >= 0.6 is 11.9 Å². The van der Waals surface area contributed by atoms with Gasteiger partial charge in [0.1, 0.15) is 6.17 Å². The maximum atomic E-state index is 14.4. The minimum Gasteiger partial charge on any atom is -0.337 e. The molecule has 0 radical (unpaired) electrons. The highest BCUT2D eigenvalue weighted by Gasteiger charge is 2.41. The summed E-state index contributed by atoms with van der Waals surface area (Å²) < 4.78 is 17.6. The van der Waals surface area contributed by atoms with Crippen LogP contribution < -0.4 is 4.72 Å². The molecule has 2 aliphatic rings. The van der Waals surface area contributed by atoms with Gasteiger partial charge in [-0.1, -0.05) is 93.2 Å². The second kappa shape index (κ2) is 10.8. The summed E-state index contributed by atoms with van der Waals surface area (Å²) in [5, 5.41) is 0. The van der Waals surface area contributed by atoms with E-state index in [1.54, 1.807) is 4.90 Å². The Bertz CT molecular complexity index is 768. The number of carbonyl (C=O) groups is 1. The fourth-order valence-corrected chi connectivity index (χ4v) is 4.18. The fraction of sp³-hybridized carbons (Fsp3) is 0.458. The smallest absolute Gasteiger partial charge is 0.210 e. The van der Waals surface area contributed by atoms with Gasteiger partial charge in [-0.05, 0) is 29.0 Å². The van der Waals surface area contributed by atoms with Crippen molar-refractivity contribution in [1.29, 1.82) is 0 Å². The van der Waals surface area contributed by atoms with Crippen molar-refractivity contribution < 1.29 is 9.18 Å². The van der Waals surface area contributed by atoms with Gasteiger partial charge in [-0.25, -0.2) is 4.39 Å². The number of likely N-dealkylation sites (tertiary alicyclic amines) is 1. The summed E-state index contributed by atoms with van der Waals surface area (Å²) in [5.41, 5.74) is 3.40. The lowest BCUT2D eigenvalue weighted by Crippen LogP contribution is -2.43. The summed E-state index contributed by atoms with van der Waals surface area (Å²) in [5.74, 6) is 1.94. The highest BCUT2D eigenvalue weighted by atomic mass is 32.2. The molecule has 2 aromatic rings. The molecule has 1 saturated heterocycles. The first-order valence-corrected chi connectivity index (χ1v) is 11.5. The second-order valence-electron chi connectivity index (χ2n) is 7.92. The van der Waals surface area contributed by atoms with Crippen LogP contribution in [0.5, 0.6) is 0 Å². The van der Waals surface area contributed by atoms with Crippen molar-refractivity contribution in [2.45, 2.75) is 51.4 Å². The molecule has 3 nitrogen and oxygen atoms in total. The number of halogens is 1. The van der Waals surface area contributed by atoms with E-state index in [0.717, 1.165) is 34.8 Å². The number of benzene rings is 2. The van der Waals surface area contributed by atoms with Crippen LogP contribution in [0.1, 0.15) is 32.3 Å². The molecule has 1 heterocycles. The van der Waals surface area contributed by atoms with Crippen LogP contribution in [-0.4, -0.2) is 41.9 Å². The van der Waals surface area contributed by atoms with E-state index in [9.17, 15) is 9.18 Å². The minimum atomic E-state index is -1.04. The van der Waals surface area contributed by atoms with E-state index in [1.165, 1.54) is 24.8 Å². The lowest BCUT2D eigenvalue weighted by Gasteiger charge is -2.25. The van der Waals surface area contributed by atoms with E-state index in [2.05, 4.69) is 35.9 Å². The molecule has 0 spiro atoms. The van der Waals surface area contributed by atoms with Crippen molar-refractivity contribution in [2.24, 2.45) is 5.92 Å². The summed E-state index contributed by atoms with van der Waals surface area (Å²) in [6, 6.07) is 18.0. The first-order chi connectivity index (χ1) is 14.1. The largest absolute Gasteiger partial charge is 0.337 e. The van der Waals surface area contributed by atoms with Gasteiger partial charge >= 0.3 is 0 Å². The third-order valence-corrected chi connectivity index (χ3v) is 6.19. The number of rotatable bonds is 7. The van der Waals surface area contributed by atoms with Gasteiger partial charge in [-0.15, -0.1) is 0 Å². The Morgan fingerprint density at radius 2 is 1.83 bits per heavy atom. The Hall–Kier alpha value is -1.85. The molecule has 2 aromatic carbocycles. The Labute approximate surface area is 178 Å². The standard InChI is InChI=1S/C20H23FN2OS.C4H8/c1-2-25-22-20-18(21)13-23(14-24)19(20)12-15-7-6-10-17(11-15)16-8-4-3-5-9-16;1-4-2-3-4/h3-11,14,18-20,22H,2,12-13H2,1H3;4H,2-3H2,1H3. The van der Waals surface area contributed by atoms with Crippen LogP contribution in [0.2, 0.25) is 0 Å². The summed E-state index contributed by atoms with van der Waals surface area (Å²) in [6.45, 7) is 4.46. The molecule has 2 fully saturated rings. The second-order valence-corrected chi connectivity index (χ2v) is 9.02. The number of nitrogens with zero attached hydrogens (tertiary/aromatic N) is 1. The van der Waals surface area contributed by atoms with Crippen LogP contribution in [-0.2, 0) is 11.2 Å². The third kappa shape index (κ3) is 6.31. The van der Waals surface area contributed by atoms with Gasteiger partial charge < -0.3 is 4.90 Å². The molecule has 5 heteroatoms. The van der Waals surface area contributed by atoms with Crippen LogP contribution in [0.15, 0.2) is 54.6 Å². The van der Waals surface area contributed by atoms with E-state index in [0.29, 0.717) is 6.42 Å². The molecule has 4 rings (SSSR count). The van der Waals surface area contributed by atoms with Gasteiger partial charge in [-0.2, -0.15) is 0 Å². The van der Waals surface area contributed by atoms with Crippen molar-refractivity contribution in [3.8, 4) is 11.1 Å². The monoisotopic (exact) mass is 414 g/mol. The zero-order chi connectivity index (χ0) is 20.6. The summed E-state index contributed by atoms with van der Waals surface area (Å²) >= 11 is 1.50. The molecular formula is C24H31FN2OS. The van der Waals surface area contributed by atoms with Gasteiger partial charge in [0.05, 0.1) is 18.6 Å². The van der Waals surface area contributed by atoms with E-state index in [1.807, 2.05) is 37.3 Å². The summed E-state index contributed by atoms with van der Waals surface area (Å²) in [4.78, 5) is 13.0. The molecule has 29 heavy (non-hydrogen) atoms. The number of hydrogen-bond donors (Lipinski definition) is 1. The van der Waals surface area contributed by atoms with Gasteiger partial charge in [0, 0.05) is 5.75 Å². The molecular weight excluding hydrogens is 383 g/mol. The fourth-order valence-electron chi connectivity index (χ4n) is 3.51. The predicted molar refractivity (Wildman–Crippen MR) is 120 cm³/mol.